The Balaban J connectivity index is 1.53. The molecular formula is C26H27N3O2S. The molecule has 32 heavy (non-hydrogen) atoms. The van der Waals surface area contributed by atoms with Crippen LogP contribution in [0.1, 0.15) is 37.8 Å². The number of aryl methyl sites for hydroxylation is 2. The lowest BCUT2D eigenvalue weighted by Gasteiger charge is -2.09. The maximum absolute atomic E-state index is 13.2. The van der Waals surface area contributed by atoms with E-state index in [9.17, 15) is 9.59 Å². The molecule has 0 aliphatic rings. The molecule has 0 unspecified atom stereocenters. The second kappa shape index (κ2) is 9.92. The molecule has 0 spiro atoms. The number of benzene rings is 2. The number of rotatable bonds is 8. The number of nitrogens with zero attached hydrogens (tertiary/aromatic N) is 2. The topological polar surface area (TPSA) is 64.0 Å². The highest BCUT2D eigenvalue weighted by Crippen LogP contribution is 2.30. The average molecular weight is 446 g/mol. The van der Waals surface area contributed by atoms with Gasteiger partial charge in [0.05, 0.1) is 11.7 Å². The summed E-state index contributed by atoms with van der Waals surface area (Å²) in [7, 11) is 0. The first-order valence-electron chi connectivity index (χ1n) is 11.0. The summed E-state index contributed by atoms with van der Waals surface area (Å²) < 4.78 is 1.38. The van der Waals surface area contributed by atoms with E-state index in [2.05, 4.69) is 36.3 Å². The summed E-state index contributed by atoms with van der Waals surface area (Å²) in [6.45, 7) is 4.21. The van der Waals surface area contributed by atoms with E-state index >= 15 is 0 Å². The minimum absolute atomic E-state index is 0.0799. The lowest BCUT2D eigenvalue weighted by molar-refractivity contribution is -0.116. The molecule has 0 atom stereocenters. The molecule has 0 aliphatic heterocycles. The van der Waals surface area contributed by atoms with Crippen LogP contribution in [0.5, 0.6) is 0 Å². The maximum atomic E-state index is 13.2. The molecule has 0 saturated carbocycles. The van der Waals surface area contributed by atoms with E-state index in [1.54, 1.807) is 0 Å². The number of nitrogens with one attached hydrogen (secondary N) is 1. The Morgan fingerprint density at radius 2 is 1.75 bits per heavy atom. The Kier molecular flexibility index (Phi) is 6.81. The van der Waals surface area contributed by atoms with E-state index in [1.807, 2.05) is 41.8 Å². The molecule has 0 radical (unpaired) electrons. The average Bonchev–Trinajstić information content (AvgIpc) is 3.25. The van der Waals surface area contributed by atoms with Gasteiger partial charge in [-0.1, -0.05) is 56.7 Å². The number of hydrogen-bond acceptors (Lipinski definition) is 4. The Morgan fingerprint density at radius 3 is 2.44 bits per heavy atom. The van der Waals surface area contributed by atoms with Crippen molar-refractivity contribution in [3.8, 4) is 11.1 Å². The van der Waals surface area contributed by atoms with Crippen LogP contribution < -0.4 is 10.9 Å². The highest BCUT2D eigenvalue weighted by atomic mass is 32.1. The fraction of sp³-hybridized carbons (Fsp3) is 0.269. The Hall–Kier alpha value is -3.25. The second-order valence-electron chi connectivity index (χ2n) is 7.91. The summed E-state index contributed by atoms with van der Waals surface area (Å²) in [5, 5.41) is 5.41. The third-order valence-electron chi connectivity index (χ3n) is 5.60. The molecule has 2 aromatic carbocycles. The number of hydrogen-bond donors (Lipinski definition) is 1. The van der Waals surface area contributed by atoms with Gasteiger partial charge in [-0.25, -0.2) is 4.98 Å². The van der Waals surface area contributed by atoms with Crippen molar-refractivity contribution >= 4 is 33.1 Å². The van der Waals surface area contributed by atoms with Crippen LogP contribution in [0.3, 0.4) is 0 Å². The summed E-state index contributed by atoms with van der Waals surface area (Å²) in [4.78, 5) is 30.9. The van der Waals surface area contributed by atoms with Gasteiger partial charge in [0.2, 0.25) is 5.91 Å². The largest absolute Gasteiger partial charge is 0.325 e. The lowest BCUT2D eigenvalue weighted by atomic mass is 10.0. The zero-order valence-electron chi connectivity index (χ0n) is 18.4. The minimum Gasteiger partial charge on any atom is -0.325 e. The third-order valence-corrected chi connectivity index (χ3v) is 6.49. The highest BCUT2D eigenvalue weighted by molar-refractivity contribution is 7.17. The SMILES string of the molecule is CCCCc1ccc(NC(=O)Cn2cnc3scc(-c4ccc(CC)cc4)c3c2=O)cc1. The van der Waals surface area contributed by atoms with Gasteiger partial charge >= 0.3 is 0 Å². The van der Waals surface area contributed by atoms with Crippen LogP contribution in [-0.4, -0.2) is 15.5 Å². The molecule has 5 nitrogen and oxygen atoms in total. The second-order valence-corrected chi connectivity index (χ2v) is 8.76. The number of anilines is 1. The summed E-state index contributed by atoms with van der Waals surface area (Å²) in [6, 6.07) is 16.1. The number of fused-ring (bicyclic) bond motifs is 1. The van der Waals surface area contributed by atoms with Crippen LogP contribution >= 0.6 is 11.3 Å². The van der Waals surface area contributed by atoms with Gasteiger partial charge in [0.1, 0.15) is 11.4 Å². The molecule has 0 aliphatic carbocycles. The van der Waals surface area contributed by atoms with Crippen molar-refractivity contribution < 1.29 is 4.79 Å². The number of unbranched alkanes of at least 4 members (excludes halogenated alkanes) is 1. The van der Waals surface area contributed by atoms with Crippen LogP contribution in [0.4, 0.5) is 5.69 Å². The van der Waals surface area contributed by atoms with Gasteiger partial charge < -0.3 is 5.32 Å². The molecule has 0 saturated heterocycles. The molecule has 164 valence electrons. The standard InChI is InChI=1S/C26H27N3O2S/c1-3-5-6-19-9-13-21(14-10-19)28-23(30)15-29-17-27-25-24(26(29)31)22(16-32-25)20-11-7-18(4-2)8-12-20/h7-14,16-17H,3-6,15H2,1-2H3,(H,28,30). The molecule has 0 fully saturated rings. The van der Waals surface area contributed by atoms with Crippen molar-refractivity contribution in [2.75, 3.05) is 5.32 Å². The monoisotopic (exact) mass is 445 g/mol. The Labute approximate surface area is 191 Å². The van der Waals surface area contributed by atoms with Gasteiger partial charge in [0.25, 0.3) is 5.56 Å². The summed E-state index contributed by atoms with van der Waals surface area (Å²) in [5.74, 6) is -0.251. The van der Waals surface area contributed by atoms with Gasteiger partial charge in [-0.15, -0.1) is 11.3 Å². The quantitative estimate of drug-likeness (QED) is 0.380. The van der Waals surface area contributed by atoms with E-state index in [4.69, 9.17) is 0 Å². The molecule has 4 rings (SSSR count). The van der Waals surface area contributed by atoms with Crippen molar-refractivity contribution in [3.63, 3.8) is 0 Å². The van der Waals surface area contributed by atoms with Gasteiger partial charge in [-0.3, -0.25) is 14.2 Å². The predicted octanol–water partition coefficient (Wildman–Crippen LogP) is 5.67. The van der Waals surface area contributed by atoms with Crippen molar-refractivity contribution in [1.82, 2.24) is 9.55 Å². The van der Waals surface area contributed by atoms with Gasteiger partial charge in [0.15, 0.2) is 0 Å². The zero-order chi connectivity index (χ0) is 22.5. The number of aromatic nitrogens is 2. The predicted molar refractivity (Wildman–Crippen MR) is 132 cm³/mol. The van der Waals surface area contributed by atoms with E-state index in [0.29, 0.717) is 10.2 Å². The van der Waals surface area contributed by atoms with Crippen molar-refractivity contribution in [2.24, 2.45) is 0 Å². The van der Waals surface area contributed by atoms with Gasteiger partial charge in [0, 0.05) is 16.6 Å². The Bertz CT molecular complexity index is 1270. The number of carbonyl (C=O) groups excluding carboxylic acids is 1. The first-order chi connectivity index (χ1) is 15.6. The number of amides is 1. The normalized spacial score (nSPS) is 11.1. The summed E-state index contributed by atoms with van der Waals surface area (Å²) >= 11 is 1.44. The van der Waals surface area contributed by atoms with Crippen LogP contribution in [-0.2, 0) is 24.2 Å². The number of thiophene rings is 1. The van der Waals surface area contributed by atoms with Crippen LogP contribution in [0.25, 0.3) is 21.3 Å². The fourth-order valence-electron chi connectivity index (χ4n) is 3.70. The molecule has 2 heterocycles. The van der Waals surface area contributed by atoms with Gasteiger partial charge in [-0.2, -0.15) is 0 Å². The van der Waals surface area contributed by atoms with E-state index in [-0.39, 0.29) is 18.0 Å². The summed E-state index contributed by atoms with van der Waals surface area (Å²) in [6.07, 6.45) is 5.77. The maximum Gasteiger partial charge on any atom is 0.263 e. The van der Waals surface area contributed by atoms with Gasteiger partial charge in [-0.05, 0) is 48.1 Å². The zero-order valence-corrected chi connectivity index (χ0v) is 19.2. The molecule has 1 N–H and O–H groups in total. The first kappa shape index (κ1) is 22.0. The number of carbonyl (C=O) groups is 1. The van der Waals surface area contributed by atoms with E-state index < -0.39 is 0 Å². The fourth-order valence-corrected chi connectivity index (χ4v) is 4.61. The molecule has 4 aromatic rings. The molecule has 2 aromatic heterocycles. The molecule has 1 amide bonds. The summed E-state index contributed by atoms with van der Waals surface area (Å²) in [5.41, 5.74) is 4.88. The molecular weight excluding hydrogens is 418 g/mol. The highest BCUT2D eigenvalue weighted by Gasteiger charge is 2.15. The Morgan fingerprint density at radius 1 is 1.03 bits per heavy atom. The smallest absolute Gasteiger partial charge is 0.263 e. The van der Waals surface area contributed by atoms with Crippen molar-refractivity contribution in [1.29, 1.82) is 0 Å². The minimum atomic E-state index is -0.251. The van der Waals surface area contributed by atoms with Crippen LogP contribution in [0.15, 0.2) is 65.0 Å². The van der Waals surface area contributed by atoms with Crippen molar-refractivity contribution in [3.05, 3.63) is 81.7 Å². The van der Waals surface area contributed by atoms with E-state index in [1.165, 1.54) is 33.4 Å². The first-order valence-corrected chi connectivity index (χ1v) is 11.9. The molecule has 0 bridgehead atoms. The van der Waals surface area contributed by atoms with Crippen LogP contribution in [0.2, 0.25) is 0 Å². The lowest BCUT2D eigenvalue weighted by Crippen LogP contribution is -2.27. The van der Waals surface area contributed by atoms with Crippen molar-refractivity contribution in [2.45, 2.75) is 46.1 Å². The molecule has 6 heteroatoms. The van der Waals surface area contributed by atoms with E-state index in [0.717, 1.165) is 42.5 Å². The van der Waals surface area contributed by atoms with Crippen LogP contribution in [0, 0.1) is 0 Å². The third kappa shape index (κ3) is 4.81.